The largest absolute Gasteiger partial charge is 0.471 e. The molecular formula is C15H8F5N3O. The van der Waals surface area contributed by atoms with E-state index in [4.69, 9.17) is 0 Å². The Morgan fingerprint density at radius 1 is 1.00 bits per heavy atom. The van der Waals surface area contributed by atoms with E-state index in [-0.39, 0.29) is 17.1 Å². The maximum Gasteiger partial charge on any atom is 0.471 e. The number of alkyl halides is 3. The number of nitrogens with zero attached hydrogens (tertiary/aromatic N) is 2. The Morgan fingerprint density at radius 3 is 2.46 bits per heavy atom. The monoisotopic (exact) mass is 341 g/mol. The molecule has 0 aliphatic carbocycles. The minimum absolute atomic E-state index is 0.0117. The van der Waals surface area contributed by atoms with Crippen molar-refractivity contribution in [3.63, 3.8) is 0 Å². The maximum atomic E-state index is 13.6. The van der Waals surface area contributed by atoms with Crippen LogP contribution >= 0.6 is 0 Å². The van der Waals surface area contributed by atoms with Crippen LogP contribution < -0.4 is 5.32 Å². The summed E-state index contributed by atoms with van der Waals surface area (Å²) in [5.74, 6) is -3.25. The molecule has 0 saturated heterocycles. The first-order valence-corrected chi connectivity index (χ1v) is 6.56. The van der Waals surface area contributed by atoms with Crippen molar-refractivity contribution in [2.45, 2.75) is 6.18 Å². The zero-order valence-corrected chi connectivity index (χ0v) is 11.7. The normalized spacial score (nSPS) is 11.5. The highest BCUT2D eigenvalue weighted by Gasteiger charge is 2.38. The van der Waals surface area contributed by atoms with Crippen molar-refractivity contribution >= 4 is 11.4 Å². The lowest BCUT2D eigenvalue weighted by molar-refractivity contribution is -0.159. The summed E-state index contributed by atoms with van der Waals surface area (Å²) in [6, 6.07) is 8.93. The number of benzene rings is 2. The standard InChI is InChI=1S/C15H8F5N3O/c16-9-4-5-12(11(17)7-9)21-10-3-1-2-8(6-10)13-22-14(24-23-13)15(18,19)20/h1-7,21H. The fourth-order valence-corrected chi connectivity index (χ4v) is 1.94. The zero-order valence-electron chi connectivity index (χ0n) is 11.7. The van der Waals surface area contributed by atoms with Crippen LogP contribution in [-0.2, 0) is 6.18 Å². The summed E-state index contributed by atoms with van der Waals surface area (Å²) >= 11 is 0. The predicted molar refractivity (Wildman–Crippen MR) is 74.4 cm³/mol. The molecule has 3 rings (SSSR count). The summed E-state index contributed by atoms with van der Waals surface area (Å²) in [7, 11) is 0. The van der Waals surface area contributed by atoms with Crippen molar-refractivity contribution in [1.29, 1.82) is 0 Å². The molecule has 0 amide bonds. The quantitative estimate of drug-likeness (QED) is 0.697. The second-order valence-corrected chi connectivity index (χ2v) is 4.75. The van der Waals surface area contributed by atoms with Crippen LogP contribution in [-0.4, -0.2) is 10.1 Å². The van der Waals surface area contributed by atoms with E-state index in [0.29, 0.717) is 11.8 Å². The molecular weight excluding hydrogens is 333 g/mol. The molecule has 0 saturated carbocycles. The van der Waals surface area contributed by atoms with Crippen LogP contribution in [0.25, 0.3) is 11.4 Å². The Bertz CT molecular complexity index is 876. The van der Waals surface area contributed by atoms with Crippen LogP contribution in [0.2, 0.25) is 0 Å². The van der Waals surface area contributed by atoms with Crippen molar-refractivity contribution in [1.82, 2.24) is 10.1 Å². The Hall–Kier alpha value is -2.97. The van der Waals surface area contributed by atoms with Gasteiger partial charge >= 0.3 is 12.1 Å². The van der Waals surface area contributed by atoms with Crippen molar-refractivity contribution in [3.05, 3.63) is 60.0 Å². The van der Waals surface area contributed by atoms with Crippen molar-refractivity contribution in [2.24, 2.45) is 0 Å². The molecule has 2 aromatic carbocycles. The molecule has 1 N–H and O–H groups in total. The summed E-state index contributed by atoms with van der Waals surface area (Å²) in [6.45, 7) is 0. The number of rotatable bonds is 3. The molecule has 1 aromatic heterocycles. The lowest BCUT2D eigenvalue weighted by atomic mass is 10.2. The third kappa shape index (κ3) is 3.34. The highest BCUT2D eigenvalue weighted by molar-refractivity contribution is 5.67. The number of aromatic nitrogens is 2. The molecule has 24 heavy (non-hydrogen) atoms. The smallest absolute Gasteiger partial charge is 0.353 e. The van der Waals surface area contributed by atoms with E-state index in [1.165, 1.54) is 24.3 Å². The van der Waals surface area contributed by atoms with Gasteiger partial charge in [-0.2, -0.15) is 18.2 Å². The van der Waals surface area contributed by atoms with E-state index in [0.717, 1.165) is 6.07 Å². The molecule has 0 bridgehead atoms. The first kappa shape index (κ1) is 15.9. The average Bonchev–Trinajstić information content (AvgIpc) is 3.01. The number of anilines is 2. The molecule has 0 fully saturated rings. The molecule has 0 unspecified atom stereocenters. The van der Waals surface area contributed by atoms with Crippen molar-refractivity contribution < 1.29 is 26.5 Å². The fraction of sp³-hybridized carbons (Fsp3) is 0.0667. The van der Waals surface area contributed by atoms with Crippen LogP contribution in [0.1, 0.15) is 5.89 Å². The first-order chi connectivity index (χ1) is 11.3. The van der Waals surface area contributed by atoms with E-state index in [1.54, 1.807) is 6.07 Å². The van der Waals surface area contributed by atoms with E-state index in [2.05, 4.69) is 20.0 Å². The van der Waals surface area contributed by atoms with E-state index >= 15 is 0 Å². The van der Waals surface area contributed by atoms with E-state index in [1.807, 2.05) is 0 Å². The van der Waals surface area contributed by atoms with E-state index in [9.17, 15) is 22.0 Å². The molecule has 4 nitrogen and oxygen atoms in total. The minimum atomic E-state index is -4.74. The maximum absolute atomic E-state index is 13.6. The number of hydrogen-bond donors (Lipinski definition) is 1. The van der Waals surface area contributed by atoms with Gasteiger partial charge in [-0.3, -0.25) is 0 Å². The third-order valence-electron chi connectivity index (χ3n) is 3.00. The molecule has 0 spiro atoms. The van der Waals surface area contributed by atoms with E-state index < -0.39 is 23.7 Å². The molecule has 124 valence electrons. The van der Waals surface area contributed by atoms with Crippen molar-refractivity contribution in [3.8, 4) is 11.4 Å². The summed E-state index contributed by atoms with van der Waals surface area (Å²) in [6.07, 6.45) is -4.74. The topological polar surface area (TPSA) is 51.0 Å². The molecule has 9 heteroatoms. The number of hydrogen-bond acceptors (Lipinski definition) is 4. The number of nitrogens with one attached hydrogen (secondary N) is 1. The van der Waals surface area contributed by atoms with Gasteiger partial charge in [0.05, 0.1) is 5.69 Å². The SMILES string of the molecule is Fc1ccc(Nc2cccc(-c3noc(C(F)(F)F)n3)c2)c(F)c1. The second-order valence-electron chi connectivity index (χ2n) is 4.75. The van der Waals surface area contributed by atoms with Gasteiger partial charge in [0.1, 0.15) is 11.6 Å². The summed E-state index contributed by atoms with van der Waals surface area (Å²) < 4.78 is 68.1. The van der Waals surface area contributed by atoms with Crippen LogP contribution in [0.5, 0.6) is 0 Å². The molecule has 0 aliphatic heterocycles. The summed E-state index contributed by atoms with van der Waals surface area (Å²) in [4.78, 5) is 3.27. The number of halogens is 5. The van der Waals surface area contributed by atoms with Crippen LogP contribution in [0, 0.1) is 11.6 Å². The van der Waals surface area contributed by atoms with Gasteiger partial charge in [-0.25, -0.2) is 8.78 Å². The van der Waals surface area contributed by atoms with Gasteiger partial charge in [0.15, 0.2) is 0 Å². The fourth-order valence-electron chi connectivity index (χ4n) is 1.94. The highest BCUT2D eigenvalue weighted by Crippen LogP contribution is 2.30. The Kier molecular flexibility index (Phi) is 3.92. The van der Waals surface area contributed by atoms with Gasteiger partial charge < -0.3 is 9.84 Å². The van der Waals surface area contributed by atoms with Gasteiger partial charge in [0.2, 0.25) is 5.82 Å². The lowest BCUT2D eigenvalue weighted by Crippen LogP contribution is -2.04. The predicted octanol–water partition coefficient (Wildman–Crippen LogP) is 4.78. The van der Waals surface area contributed by atoms with Crippen LogP contribution in [0.3, 0.4) is 0 Å². The molecule has 1 heterocycles. The Labute approximate surface area is 131 Å². The highest BCUT2D eigenvalue weighted by atomic mass is 19.4. The molecule has 0 atom stereocenters. The molecule has 0 aliphatic rings. The zero-order chi connectivity index (χ0) is 17.3. The van der Waals surface area contributed by atoms with Gasteiger partial charge in [-0.05, 0) is 24.3 Å². The second kappa shape index (κ2) is 5.91. The third-order valence-corrected chi connectivity index (χ3v) is 3.00. The molecule has 3 aromatic rings. The Balaban J connectivity index is 1.88. The summed E-state index contributed by atoms with van der Waals surface area (Å²) in [5.41, 5.74) is 0.607. The van der Waals surface area contributed by atoms with Gasteiger partial charge in [0, 0.05) is 17.3 Å². The van der Waals surface area contributed by atoms with Crippen molar-refractivity contribution in [2.75, 3.05) is 5.32 Å². The molecule has 0 radical (unpaired) electrons. The minimum Gasteiger partial charge on any atom is -0.353 e. The Morgan fingerprint density at radius 2 is 1.79 bits per heavy atom. The van der Waals surface area contributed by atoms with Gasteiger partial charge in [-0.1, -0.05) is 17.3 Å². The average molecular weight is 341 g/mol. The van der Waals surface area contributed by atoms with Gasteiger partial charge in [-0.15, -0.1) is 0 Å². The van der Waals surface area contributed by atoms with Crippen LogP contribution in [0.15, 0.2) is 47.0 Å². The van der Waals surface area contributed by atoms with Crippen LogP contribution in [0.4, 0.5) is 33.3 Å². The first-order valence-electron chi connectivity index (χ1n) is 6.56. The summed E-state index contributed by atoms with van der Waals surface area (Å²) in [5, 5.41) is 5.97. The lowest BCUT2D eigenvalue weighted by Gasteiger charge is -2.08. The van der Waals surface area contributed by atoms with Gasteiger partial charge in [0.25, 0.3) is 0 Å².